The maximum atomic E-state index is 6.54. The molecule has 0 radical (unpaired) electrons. The summed E-state index contributed by atoms with van der Waals surface area (Å²) in [7, 11) is 0. The molecule has 0 saturated heterocycles. The lowest BCUT2D eigenvalue weighted by Gasteiger charge is -2.32. The van der Waals surface area contributed by atoms with Gasteiger partial charge >= 0.3 is 6.98 Å². The zero-order valence-electron chi connectivity index (χ0n) is 25.3. The Morgan fingerprint density at radius 3 is 2.38 bits per heavy atom. The Morgan fingerprint density at radius 1 is 0.711 bits per heavy atom. The van der Waals surface area contributed by atoms with Crippen LogP contribution in [0.1, 0.15) is 26.3 Å². The number of aromatic nitrogens is 3. The number of pyridine rings is 2. The number of anilines is 3. The van der Waals surface area contributed by atoms with Crippen LogP contribution < -0.4 is 20.4 Å². The van der Waals surface area contributed by atoms with Crippen molar-refractivity contribution in [3.05, 3.63) is 127 Å². The highest BCUT2D eigenvalue weighted by Gasteiger charge is 2.43. The van der Waals surface area contributed by atoms with Gasteiger partial charge in [-0.1, -0.05) is 69.3 Å². The summed E-state index contributed by atoms with van der Waals surface area (Å²) < 4.78 is 8.78. The summed E-state index contributed by atoms with van der Waals surface area (Å²) in [6.45, 7) is 6.56. The van der Waals surface area contributed by atoms with Crippen molar-refractivity contribution in [2.24, 2.45) is 0 Å². The summed E-state index contributed by atoms with van der Waals surface area (Å²) in [5.41, 5.74) is 10.0. The number of nitrogens with one attached hydrogen (secondary N) is 1. The predicted octanol–water partition coefficient (Wildman–Crippen LogP) is 8.60. The summed E-state index contributed by atoms with van der Waals surface area (Å²) in [6, 6.07) is 40.1. The largest absolute Gasteiger partial charge is 0.439 e. The van der Waals surface area contributed by atoms with E-state index in [9.17, 15) is 0 Å². The van der Waals surface area contributed by atoms with Gasteiger partial charge in [0.1, 0.15) is 11.6 Å². The van der Waals surface area contributed by atoms with Gasteiger partial charge in [0.2, 0.25) is 5.88 Å². The van der Waals surface area contributed by atoms with Crippen LogP contribution in [0.3, 0.4) is 0 Å². The fourth-order valence-corrected chi connectivity index (χ4v) is 6.87. The highest BCUT2D eigenvalue weighted by molar-refractivity contribution is 6.84. The molecule has 6 nitrogen and oxygen atoms in total. The van der Waals surface area contributed by atoms with Crippen LogP contribution in [0.15, 0.2) is 121 Å². The third-order valence-electron chi connectivity index (χ3n) is 9.03. The minimum atomic E-state index is -0.123. The van der Waals surface area contributed by atoms with Crippen LogP contribution in [-0.2, 0) is 5.41 Å². The number of benzene rings is 4. The normalized spacial score (nSPS) is 13.3. The molecule has 45 heavy (non-hydrogen) atoms. The quantitative estimate of drug-likeness (QED) is 0.211. The van der Waals surface area contributed by atoms with Crippen LogP contribution in [0.4, 0.5) is 17.1 Å². The molecule has 0 bridgehead atoms. The molecule has 0 fully saturated rings. The molecule has 2 aliphatic rings. The highest BCUT2D eigenvalue weighted by Crippen LogP contribution is 2.45. The summed E-state index contributed by atoms with van der Waals surface area (Å²) >= 11 is 0. The van der Waals surface area contributed by atoms with Crippen molar-refractivity contribution >= 4 is 51.4 Å². The summed E-state index contributed by atoms with van der Waals surface area (Å²) in [4.78, 5) is 12.3. The lowest BCUT2D eigenvalue weighted by Crippen LogP contribution is -2.52. The number of ether oxygens (including phenoxy) is 1. The van der Waals surface area contributed by atoms with Gasteiger partial charge in [-0.2, -0.15) is 0 Å². The summed E-state index contributed by atoms with van der Waals surface area (Å²) in [6.07, 6.45) is 1.91. The minimum absolute atomic E-state index is 0.00841. The third kappa shape index (κ3) is 3.97. The number of hydrogen-bond acceptors (Lipinski definition) is 5. The van der Waals surface area contributed by atoms with E-state index < -0.39 is 0 Å². The van der Waals surface area contributed by atoms with E-state index in [-0.39, 0.29) is 12.4 Å². The molecule has 1 N–H and O–H groups in total. The van der Waals surface area contributed by atoms with Crippen LogP contribution in [0.5, 0.6) is 11.6 Å². The number of para-hydroxylation sites is 4. The maximum absolute atomic E-state index is 6.54. The third-order valence-corrected chi connectivity index (χ3v) is 9.03. The molecule has 2 aliphatic heterocycles. The van der Waals surface area contributed by atoms with Gasteiger partial charge in [0.15, 0.2) is 0 Å². The zero-order chi connectivity index (χ0) is 30.3. The molecule has 4 aromatic carbocycles. The van der Waals surface area contributed by atoms with E-state index in [0.717, 1.165) is 56.1 Å². The van der Waals surface area contributed by atoms with Crippen LogP contribution >= 0.6 is 0 Å². The highest BCUT2D eigenvalue weighted by atomic mass is 16.5. The standard InChI is InChI=1S/C38H30BN5O/c1-38(2,3)24-20-21-40-35(22-24)43-31-13-7-4-10-26(31)28-17-16-25(23-34(28)43)45-36-19-18-29-27-11-5-8-14-32(27)44-33-15-9-6-12-30(33)42-39(44)37(29)41-36/h4-23,42H,1-3H3. The van der Waals surface area contributed by atoms with Crippen molar-refractivity contribution < 1.29 is 4.74 Å². The van der Waals surface area contributed by atoms with Crippen LogP contribution in [-0.4, -0.2) is 21.5 Å². The van der Waals surface area contributed by atoms with Crippen molar-refractivity contribution in [2.45, 2.75) is 26.2 Å². The van der Waals surface area contributed by atoms with Crippen molar-refractivity contribution in [3.8, 4) is 28.6 Å². The smallest absolute Gasteiger partial charge is 0.433 e. The Bertz CT molecular complexity index is 2300. The maximum Gasteiger partial charge on any atom is 0.433 e. The van der Waals surface area contributed by atoms with Crippen LogP contribution in [0.25, 0.3) is 38.8 Å². The Balaban J connectivity index is 1.15. The lowest BCUT2D eigenvalue weighted by atomic mass is 9.64. The van der Waals surface area contributed by atoms with Crippen LogP contribution in [0, 0.1) is 0 Å². The Labute approximate surface area is 262 Å². The molecule has 0 saturated carbocycles. The molecule has 0 unspecified atom stereocenters. The first-order chi connectivity index (χ1) is 21.9. The van der Waals surface area contributed by atoms with Gasteiger partial charge in [-0.25, -0.2) is 9.97 Å². The second kappa shape index (κ2) is 9.47. The van der Waals surface area contributed by atoms with Gasteiger partial charge in [0, 0.05) is 51.6 Å². The van der Waals surface area contributed by atoms with E-state index >= 15 is 0 Å². The number of rotatable bonds is 3. The Kier molecular flexibility index (Phi) is 5.45. The topological polar surface area (TPSA) is 55.2 Å². The number of nitrogens with zero attached hydrogens (tertiary/aromatic N) is 4. The minimum Gasteiger partial charge on any atom is -0.439 e. The molecule has 0 atom stereocenters. The molecule has 9 rings (SSSR count). The van der Waals surface area contributed by atoms with Crippen molar-refractivity contribution in [1.29, 1.82) is 0 Å². The van der Waals surface area contributed by atoms with Gasteiger partial charge in [-0.05, 0) is 65.6 Å². The molecular weight excluding hydrogens is 553 g/mol. The summed E-state index contributed by atoms with van der Waals surface area (Å²) in [5.74, 6) is 2.17. The average Bonchev–Trinajstić information content (AvgIpc) is 3.61. The average molecular weight is 584 g/mol. The number of fused-ring (bicyclic) bond motifs is 11. The van der Waals surface area contributed by atoms with E-state index in [0.29, 0.717) is 5.88 Å². The molecule has 3 aromatic heterocycles. The second-order valence-corrected chi connectivity index (χ2v) is 12.8. The first kappa shape index (κ1) is 25.9. The predicted molar refractivity (Wildman–Crippen MR) is 185 cm³/mol. The molecule has 7 aromatic rings. The van der Waals surface area contributed by atoms with E-state index in [1.54, 1.807) is 0 Å². The van der Waals surface area contributed by atoms with E-state index in [1.807, 2.05) is 18.3 Å². The molecule has 216 valence electrons. The fraction of sp³-hybridized carbons (Fsp3) is 0.105. The van der Waals surface area contributed by atoms with Crippen LogP contribution in [0.2, 0.25) is 0 Å². The molecule has 0 spiro atoms. The second-order valence-electron chi connectivity index (χ2n) is 12.8. The number of hydrogen-bond donors (Lipinski definition) is 1. The van der Waals surface area contributed by atoms with Crippen molar-refractivity contribution in [2.75, 3.05) is 10.0 Å². The SMILES string of the molecule is CC(C)(C)c1ccnc(-n2c3ccccc3c3ccc(Oc4ccc5c(n4)B4Nc6ccccc6N4c4ccccc4-5)cc32)c1. The van der Waals surface area contributed by atoms with E-state index in [1.165, 1.54) is 16.6 Å². The molecular formula is C38H30BN5O. The van der Waals surface area contributed by atoms with Gasteiger partial charge in [-0.3, -0.25) is 4.57 Å². The fourth-order valence-electron chi connectivity index (χ4n) is 6.87. The molecule has 0 amide bonds. The van der Waals surface area contributed by atoms with Gasteiger partial charge in [-0.15, -0.1) is 0 Å². The monoisotopic (exact) mass is 583 g/mol. The molecule has 7 heteroatoms. The van der Waals surface area contributed by atoms with E-state index in [4.69, 9.17) is 14.7 Å². The molecule has 5 heterocycles. The van der Waals surface area contributed by atoms with Gasteiger partial charge < -0.3 is 14.8 Å². The van der Waals surface area contributed by atoms with Crippen molar-refractivity contribution in [1.82, 2.24) is 14.5 Å². The lowest BCUT2D eigenvalue weighted by molar-refractivity contribution is 0.465. The Hall–Kier alpha value is -5.56. The van der Waals surface area contributed by atoms with E-state index in [2.05, 4.69) is 139 Å². The van der Waals surface area contributed by atoms with Crippen molar-refractivity contribution in [3.63, 3.8) is 0 Å². The molecule has 0 aliphatic carbocycles. The zero-order valence-corrected chi connectivity index (χ0v) is 25.3. The first-order valence-corrected chi connectivity index (χ1v) is 15.4. The summed E-state index contributed by atoms with van der Waals surface area (Å²) in [5, 5.41) is 6.03. The first-order valence-electron chi connectivity index (χ1n) is 15.4. The van der Waals surface area contributed by atoms with Gasteiger partial charge in [0.05, 0.1) is 22.3 Å². The van der Waals surface area contributed by atoms with Gasteiger partial charge in [0.25, 0.3) is 0 Å². The Morgan fingerprint density at radius 2 is 1.49 bits per heavy atom.